The minimum absolute atomic E-state index is 0.0446. The lowest BCUT2D eigenvalue weighted by molar-refractivity contribution is 0.498. The van der Waals surface area contributed by atoms with E-state index in [0.717, 1.165) is 24.8 Å². The molecule has 0 atom stereocenters. The van der Waals surface area contributed by atoms with Gasteiger partial charge in [0.05, 0.1) is 19.6 Å². The van der Waals surface area contributed by atoms with Crippen LogP contribution in [-0.4, -0.2) is 13.7 Å². The molecule has 23 heavy (non-hydrogen) atoms. The second kappa shape index (κ2) is 6.91. The van der Waals surface area contributed by atoms with Crippen LogP contribution in [0.25, 0.3) is 0 Å². The Morgan fingerprint density at radius 3 is 1.91 bits per heavy atom. The van der Waals surface area contributed by atoms with Crippen molar-refractivity contribution >= 4 is 0 Å². The van der Waals surface area contributed by atoms with Crippen molar-refractivity contribution in [3.05, 3.63) is 92.2 Å². The Labute approximate surface area is 133 Å². The number of allylic oxidation sites excluding steroid dienone is 2. The molecule has 0 unspecified atom stereocenters. The van der Waals surface area contributed by atoms with Gasteiger partial charge in [0, 0.05) is 0 Å². The number of hydrogen-bond donors (Lipinski definition) is 0. The molecule has 6 nitrogen and oxygen atoms in total. The second-order valence-electron chi connectivity index (χ2n) is 5.22. The van der Waals surface area contributed by atoms with E-state index in [9.17, 15) is 14.4 Å². The van der Waals surface area contributed by atoms with E-state index in [4.69, 9.17) is 0 Å². The molecule has 1 aromatic carbocycles. The van der Waals surface area contributed by atoms with Crippen LogP contribution in [0.2, 0.25) is 0 Å². The molecule has 2 aromatic rings. The zero-order valence-electron chi connectivity index (χ0n) is 13.1. The maximum Gasteiger partial charge on any atom is 0.336 e. The molecule has 0 aliphatic heterocycles. The second-order valence-corrected chi connectivity index (χ2v) is 5.22. The van der Waals surface area contributed by atoms with E-state index in [1.807, 2.05) is 31.2 Å². The van der Waals surface area contributed by atoms with Crippen molar-refractivity contribution in [1.82, 2.24) is 13.7 Å². The zero-order valence-corrected chi connectivity index (χ0v) is 13.1. The van der Waals surface area contributed by atoms with Gasteiger partial charge in [-0.1, -0.05) is 42.0 Å². The summed E-state index contributed by atoms with van der Waals surface area (Å²) in [6, 6.07) is 7.52. The minimum atomic E-state index is -0.653. The van der Waals surface area contributed by atoms with Gasteiger partial charge in [0.15, 0.2) is 0 Å². The van der Waals surface area contributed by atoms with Crippen molar-refractivity contribution in [1.29, 1.82) is 0 Å². The highest BCUT2D eigenvalue weighted by Crippen LogP contribution is 2.04. The Hall–Kier alpha value is -2.89. The highest BCUT2D eigenvalue weighted by molar-refractivity contribution is 5.22. The van der Waals surface area contributed by atoms with Crippen LogP contribution >= 0.6 is 0 Å². The maximum atomic E-state index is 12.5. The van der Waals surface area contributed by atoms with Crippen LogP contribution in [0.1, 0.15) is 11.1 Å². The van der Waals surface area contributed by atoms with E-state index in [1.54, 1.807) is 0 Å². The molecule has 0 aliphatic carbocycles. The predicted octanol–water partition coefficient (Wildman–Crippen LogP) is 0.900. The highest BCUT2D eigenvalue weighted by Gasteiger charge is 2.14. The molecule has 0 saturated carbocycles. The third kappa shape index (κ3) is 3.31. The summed E-state index contributed by atoms with van der Waals surface area (Å²) in [6.07, 6.45) is 2.89. The Kier molecular flexibility index (Phi) is 4.95. The van der Waals surface area contributed by atoms with Gasteiger partial charge in [0.2, 0.25) is 0 Å². The molecule has 0 bridgehead atoms. The molecular weight excluding hydrogens is 294 g/mol. The number of hydrogen-bond acceptors (Lipinski definition) is 3. The van der Waals surface area contributed by atoms with E-state index in [-0.39, 0.29) is 19.6 Å². The van der Waals surface area contributed by atoms with E-state index < -0.39 is 17.1 Å². The number of aryl methyl sites for hydroxylation is 1. The molecule has 2 rings (SSSR count). The van der Waals surface area contributed by atoms with Crippen molar-refractivity contribution < 1.29 is 0 Å². The van der Waals surface area contributed by atoms with Crippen LogP contribution in [0.4, 0.5) is 0 Å². The molecule has 0 radical (unpaired) electrons. The largest absolute Gasteiger partial charge is 0.336 e. The SMILES string of the molecule is C=CCn1c(=O)n(CC=C)c(=O)n(Cc2cccc(C)c2)c1=O. The summed E-state index contributed by atoms with van der Waals surface area (Å²) in [5.74, 6) is 0. The van der Waals surface area contributed by atoms with E-state index >= 15 is 0 Å². The number of benzene rings is 1. The predicted molar refractivity (Wildman–Crippen MR) is 89.9 cm³/mol. The van der Waals surface area contributed by atoms with Gasteiger partial charge in [0.1, 0.15) is 0 Å². The minimum Gasteiger partial charge on any atom is -0.247 e. The van der Waals surface area contributed by atoms with Gasteiger partial charge < -0.3 is 0 Å². The summed E-state index contributed by atoms with van der Waals surface area (Å²) < 4.78 is 3.05. The lowest BCUT2D eigenvalue weighted by Crippen LogP contribution is -2.54. The molecule has 0 spiro atoms. The molecule has 6 heteroatoms. The van der Waals surface area contributed by atoms with Gasteiger partial charge in [-0.3, -0.25) is 0 Å². The molecule has 0 fully saturated rings. The van der Waals surface area contributed by atoms with Gasteiger partial charge in [-0.25, -0.2) is 28.1 Å². The number of rotatable bonds is 6. The highest BCUT2D eigenvalue weighted by atomic mass is 16.2. The first kappa shape index (κ1) is 16.5. The summed E-state index contributed by atoms with van der Waals surface area (Å²) in [7, 11) is 0. The van der Waals surface area contributed by atoms with Gasteiger partial charge in [-0.05, 0) is 12.5 Å². The van der Waals surface area contributed by atoms with E-state index in [2.05, 4.69) is 13.2 Å². The van der Waals surface area contributed by atoms with Crippen LogP contribution < -0.4 is 17.1 Å². The third-order valence-electron chi connectivity index (χ3n) is 3.43. The zero-order chi connectivity index (χ0) is 17.0. The molecule has 0 N–H and O–H groups in total. The van der Waals surface area contributed by atoms with Crippen LogP contribution in [0.5, 0.6) is 0 Å². The van der Waals surface area contributed by atoms with Crippen molar-refractivity contribution in [2.45, 2.75) is 26.6 Å². The molecule has 1 aromatic heterocycles. The number of aromatic nitrogens is 3. The van der Waals surface area contributed by atoms with Crippen LogP contribution in [0, 0.1) is 6.92 Å². The van der Waals surface area contributed by atoms with E-state index in [0.29, 0.717) is 0 Å². The van der Waals surface area contributed by atoms with Gasteiger partial charge in [0.25, 0.3) is 0 Å². The van der Waals surface area contributed by atoms with Crippen LogP contribution in [0.3, 0.4) is 0 Å². The molecular formula is C17H19N3O3. The van der Waals surface area contributed by atoms with Gasteiger partial charge in [-0.2, -0.15) is 0 Å². The molecule has 0 saturated heterocycles. The Morgan fingerprint density at radius 2 is 1.43 bits per heavy atom. The Balaban J connectivity index is 2.69. The lowest BCUT2D eigenvalue weighted by atomic mass is 10.1. The van der Waals surface area contributed by atoms with Crippen molar-refractivity contribution in [3.63, 3.8) is 0 Å². The van der Waals surface area contributed by atoms with Gasteiger partial charge >= 0.3 is 17.1 Å². The normalized spacial score (nSPS) is 10.5. The average Bonchev–Trinajstić information content (AvgIpc) is 2.52. The third-order valence-corrected chi connectivity index (χ3v) is 3.43. The first-order valence-electron chi connectivity index (χ1n) is 7.21. The van der Waals surface area contributed by atoms with Crippen molar-refractivity contribution in [3.8, 4) is 0 Å². The van der Waals surface area contributed by atoms with Crippen molar-refractivity contribution in [2.75, 3.05) is 0 Å². The fourth-order valence-electron chi connectivity index (χ4n) is 2.38. The van der Waals surface area contributed by atoms with Crippen LogP contribution in [-0.2, 0) is 19.6 Å². The maximum absolute atomic E-state index is 12.5. The lowest BCUT2D eigenvalue weighted by Gasteiger charge is -2.12. The first-order chi connectivity index (χ1) is 11.0. The molecule has 1 heterocycles. The summed E-state index contributed by atoms with van der Waals surface area (Å²) in [5.41, 5.74) is -0.0803. The molecule has 0 aliphatic rings. The topological polar surface area (TPSA) is 66.0 Å². The standard InChI is InChI=1S/C17H19N3O3/c1-4-9-18-15(21)19(10-5-2)17(23)20(16(18)22)12-14-8-6-7-13(3)11-14/h4-8,11H,1-2,9-10,12H2,3H3. The van der Waals surface area contributed by atoms with E-state index in [1.165, 1.54) is 12.2 Å². The average molecular weight is 313 g/mol. The first-order valence-corrected chi connectivity index (χ1v) is 7.21. The van der Waals surface area contributed by atoms with Crippen LogP contribution in [0.15, 0.2) is 64.0 Å². The smallest absolute Gasteiger partial charge is 0.247 e. The Morgan fingerprint density at radius 1 is 0.913 bits per heavy atom. The van der Waals surface area contributed by atoms with Gasteiger partial charge in [-0.15, -0.1) is 13.2 Å². The summed E-state index contributed by atoms with van der Waals surface area (Å²) in [6.45, 7) is 9.22. The fraction of sp³-hybridized carbons (Fsp3) is 0.235. The summed E-state index contributed by atoms with van der Waals surface area (Å²) >= 11 is 0. The summed E-state index contributed by atoms with van der Waals surface area (Å²) in [5, 5.41) is 0. The Bertz CT molecular complexity index is 868. The van der Waals surface area contributed by atoms with Crippen molar-refractivity contribution in [2.24, 2.45) is 0 Å². The molecule has 0 amide bonds. The quantitative estimate of drug-likeness (QED) is 0.744. The molecule has 120 valence electrons. The number of nitrogens with zero attached hydrogens (tertiary/aromatic N) is 3. The summed E-state index contributed by atoms with van der Waals surface area (Å²) in [4.78, 5) is 37.2. The fourth-order valence-corrected chi connectivity index (χ4v) is 2.38. The monoisotopic (exact) mass is 313 g/mol.